The molecule has 27 heavy (non-hydrogen) atoms. The standard InChI is InChI=1S/C23H28ClNO2/c1-4-6-7-8-18-9-14-21(22(24)17-18)19-10-12-20(13-11-19)27-16-15-25(3)23(26)5-2/h5,9-14,17H,2,4,6-8,15-16H2,1,3H3. The minimum absolute atomic E-state index is 0.110. The highest BCUT2D eigenvalue weighted by Crippen LogP contribution is 2.30. The Kier molecular flexibility index (Phi) is 8.41. The Morgan fingerprint density at radius 2 is 1.93 bits per heavy atom. The van der Waals surface area contributed by atoms with Gasteiger partial charge < -0.3 is 9.64 Å². The van der Waals surface area contributed by atoms with Crippen molar-refractivity contribution in [2.24, 2.45) is 0 Å². The Morgan fingerprint density at radius 3 is 2.56 bits per heavy atom. The van der Waals surface area contributed by atoms with Crippen molar-refractivity contribution in [3.8, 4) is 16.9 Å². The van der Waals surface area contributed by atoms with Crippen molar-refractivity contribution in [1.82, 2.24) is 4.90 Å². The molecule has 2 rings (SSSR count). The second-order valence-corrected chi connectivity index (χ2v) is 7.02. The smallest absolute Gasteiger partial charge is 0.245 e. The predicted octanol–water partition coefficient (Wildman–Crippen LogP) is 5.76. The summed E-state index contributed by atoms with van der Waals surface area (Å²) < 4.78 is 5.71. The number of likely N-dealkylation sites (N-methyl/N-ethyl adjacent to an activating group) is 1. The fourth-order valence-corrected chi connectivity index (χ4v) is 3.14. The molecule has 0 aromatic heterocycles. The van der Waals surface area contributed by atoms with Crippen LogP contribution in [0.3, 0.4) is 0 Å². The van der Waals surface area contributed by atoms with Gasteiger partial charge in [0, 0.05) is 17.6 Å². The number of benzene rings is 2. The molecule has 0 heterocycles. The van der Waals surface area contributed by atoms with E-state index in [2.05, 4.69) is 31.7 Å². The number of unbranched alkanes of at least 4 members (excludes halogenated alkanes) is 2. The van der Waals surface area contributed by atoms with Crippen LogP contribution in [0.25, 0.3) is 11.1 Å². The van der Waals surface area contributed by atoms with Gasteiger partial charge in [0.25, 0.3) is 0 Å². The van der Waals surface area contributed by atoms with Gasteiger partial charge in [-0.25, -0.2) is 0 Å². The second kappa shape index (κ2) is 10.8. The third-order valence-electron chi connectivity index (χ3n) is 4.51. The highest BCUT2D eigenvalue weighted by Gasteiger charge is 2.07. The van der Waals surface area contributed by atoms with Crippen molar-refractivity contribution in [2.75, 3.05) is 20.2 Å². The molecule has 0 atom stereocenters. The summed E-state index contributed by atoms with van der Waals surface area (Å²) in [5, 5.41) is 0.780. The number of rotatable bonds is 10. The van der Waals surface area contributed by atoms with Crippen molar-refractivity contribution in [3.63, 3.8) is 0 Å². The zero-order valence-electron chi connectivity index (χ0n) is 16.2. The van der Waals surface area contributed by atoms with E-state index in [-0.39, 0.29) is 5.91 Å². The molecule has 0 bridgehead atoms. The highest BCUT2D eigenvalue weighted by molar-refractivity contribution is 6.33. The molecule has 0 saturated heterocycles. The van der Waals surface area contributed by atoms with E-state index in [0.29, 0.717) is 13.2 Å². The average molecular weight is 386 g/mol. The number of nitrogens with zero attached hydrogens (tertiary/aromatic N) is 1. The van der Waals surface area contributed by atoms with E-state index in [9.17, 15) is 4.79 Å². The van der Waals surface area contributed by atoms with Gasteiger partial charge in [0.2, 0.25) is 5.91 Å². The van der Waals surface area contributed by atoms with Crippen molar-refractivity contribution in [1.29, 1.82) is 0 Å². The van der Waals surface area contributed by atoms with Gasteiger partial charge in [-0.15, -0.1) is 0 Å². The van der Waals surface area contributed by atoms with Gasteiger partial charge in [0.1, 0.15) is 12.4 Å². The molecule has 4 heteroatoms. The van der Waals surface area contributed by atoms with Crippen molar-refractivity contribution in [2.45, 2.75) is 32.6 Å². The molecule has 144 valence electrons. The Labute approximate surface area is 167 Å². The SMILES string of the molecule is C=CC(=O)N(C)CCOc1ccc(-c2ccc(CCCCC)cc2Cl)cc1. The zero-order valence-corrected chi connectivity index (χ0v) is 17.0. The number of carbonyl (C=O) groups excluding carboxylic acids is 1. The van der Waals surface area contributed by atoms with E-state index in [1.807, 2.05) is 24.3 Å². The first-order chi connectivity index (χ1) is 13.0. The van der Waals surface area contributed by atoms with Crippen LogP contribution in [0, 0.1) is 0 Å². The summed E-state index contributed by atoms with van der Waals surface area (Å²) in [5.41, 5.74) is 3.38. The maximum absolute atomic E-state index is 11.4. The van der Waals surface area contributed by atoms with Crippen LogP contribution >= 0.6 is 11.6 Å². The van der Waals surface area contributed by atoms with Gasteiger partial charge in [0.05, 0.1) is 6.54 Å². The fraction of sp³-hybridized carbons (Fsp3) is 0.348. The minimum atomic E-state index is -0.110. The van der Waals surface area contributed by atoms with E-state index in [1.165, 1.54) is 30.9 Å². The van der Waals surface area contributed by atoms with Crippen LogP contribution in [-0.2, 0) is 11.2 Å². The van der Waals surface area contributed by atoms with Gasteiger partial charge in [-0.1, -0.05) is 62.2 Å². The molecular formula is C23H28ClNO2. The van der Waals surface area contributed by atoms with E-state index in [1.54, 1.807) is 11.9 Å². The number of hydrogen-bond donors (Lipinski definition) is 0. The summed E-state index contributed by atoms with van der Waals surface area (Å²) >= 11 is 6.50. The van der Waals surface area contributed by atoms with Crippen LogP contribution in [-0.4, -0.2) is 31.0 Å². The second-order valence-electron chi connectivity index (χ2n) is 6.61. The van der Waals surface area contributed by atoms with Gasteiger partial charge in [-0.2, -0.15) is 0 Å². The summed E-state index contributed by atoms with van der Waals surface area (Å²) in [6.07, 6.45) is 6.04. The molecule has 0 aliphatic rings. The first-order valence-corrected chi connectivity index (χ1v) is 9.82. The van der Waals surface area contributed by atoms with Crippen molar-refractivity contribution in [3.05, 3.63) is 65.7 Å². The van der Waals surface area contributed by atoms with Gasteiger partial charge in [-0.05, 0) is 48.2 Å². The summed E-state index contributed by atoms with van der Waals surface area (Å²) in [5.74, 6) is 0.659. The summed E-state index contributed by atoms with van der Waals surface area (Å²) in [6.45, 7) is 6.63. The highest BCUT2D eigenvalue weighted by atomic mass is 35.5. The molecule has 0 spiro atoms. The third-order valence-corrected chi connectivity index (χ3v) is 4.83. The number of aryl methyl sites for hydroxylation is 1. The number of ether oxygens (including phenoxy) is 1. The number of hydrogen-bond acceptors (Lipinski definition) is 2. The number of carbonyl (C=O) groups is 1. The molecule has 0 fully saturated rings. The molecule has 0 aliphatic carbocycles. The Hall–Kier alpha value is -2.26. The molecular weight excluding hydrogens is 358 g/mol. The molecule has 1 amide bonds. The maximum atomic E-state index is 11.4. The summed E-state index contributed by atoms with van der Waals surface area (Å²) in [6, 6.07) is 14.2. The van der Waals surface area contributed by atoms with E-state index in [4.69, 9.17) is 16.3 Å². The molecule has 0 radical (unpaired) electrons. The Morgan fingerprint density at radius 1 is 1.19 bits per heavy atom. The van der Waals surface area contributed by atoms with Gasteiger partial charge >= 0.3 is 0 Å². The molecule has 3 nitrogen and oxygen atoms in total. The predicted molar refractivity (Wildman–Crippen MR) is 113 cm³/mol. The lowest BCUT2D eigenvalue weighted by Crippen LogP contribution is -2.29. The maximum Gasteiger partial charge on any atom is 0.245 e. The number of halogens is 1. The lowest BCUT2D eigenvalue weighted by Gasteiger charge is -2.15. The van der Waals surface area contributed by atoms with Crippen LogP contribution in [0.1, 0.15) is 31.7 Å². The van der Waals surface area contributed by atoms with Crippen LogP contribution in [0.2, 0.25) is 5.02 Å². The molecule has 0 N–H and O–H groups in total. The van der Waals surface area contributed by atoms with Gasteiger partial charge in [-0.3, -0.25) is 4.79 Å². The van der Waals surface area contributed by atoms with Gasteiger partial charge in [0.15, 0.2) is 0 Å². The molecule has 2 aromatic rings. The molecule has 0 aliphatic heterocycles. The largest absolute Gasteiger partial charge is 0.492 e. The average Bonchev–Trinajstić information content (AvgIpc) is 2.68. The molecule has 2 aromatic carbocycles. The first-order valence-electron chi connectivity index (χ1n) is 9.44. The Balaban J connectivity index is 1.94. The quantitative estimate of drug-likeness (QED) is 0.384. The van der Waals surface area contributed by atoms with Crippen LogP contribution in [0.5, 0.6) is 5.75 Å². The monoisotopic (exact) mass is 385 g/mol. The fourth-order valence-electron chi connectivity index (χ4n) is 2.82. The van der Waals surface area contributed by atoms with E-state index in [0.717, 1.165) is 28.3 Å². The molecule has 0 saturated carbocycles. The lowest BCUT2D eigenvalue weighted by molar-refractivity contribution is -0.125. The van der Waals surface area contributed by atoms with E-state index < -0.39 is 0 Å². The van der Waals surface area contributed by atoms with Crippen molar-refractivity contribution < 1.29 is 9.53 Å². The normalized spacial score (nSPS) is 10.5. The number of amides is 1. The van der Waals surface area contributed by atoms with Crippen molar-refractivity contribution >= 4 is 17.5 Å². The summed E-state index contributed by atoms with van der Waals surface area (Å²) in [7, 11) is 1.73. The summed E-state index contributed by atoms with van der Waals surface area (Å²) in [4.78, 5) is 13.0. The topological polar surface area (TPSA) is 29.5 Å². The van der Waals surface area contributed by atoms with Crippen LogP contribution in [0.15, 0.2) is 55.1 Å². The van der Waals surface area contributed by atoms with Crippen LogP contribution in [0.4, 0.5) is 0 Å². The van der Waals surface area contributed by atoms with E-state index >= 15 is 0 Å². The first kappa shape index (κ1) is 21.0. The molecule has 0 unspecified atom stereocenters. The lowest BCUT2D eigenvalue weighted by atomic mass is 10.0. The van der Waals surface area contributed by atoms with Crippen LogP contribution < -0.4 is 4.74 Å². The minimum Gasteiger partial charge on any atom is -0.492 e. The Bertz CT molecular complexity index is 755. The third kappa shape index (κ3) is 6.44. The zero-order chi connectivity index (χ0) is 19.6.